The highest BCUT2D eigenvalue weighted by Crippen LogP contribution is 2.38. The van der Waals surface area contributed by atoms with E-state index in [0.717, 1.165) is 75.7 Å². The summed E-state index contributed by atoms with van der Waals surface area (Å²) in [6.45, 7) is 4.20. The SMILES string of the molecule is CCCCCCC/C=C/CCCCCSCC(=O)OC(COP(=O)([O-])OCC[N+](C)(C)C)OC(=O)CSCCCCC/C=C/CCCCCCC. The Hall–Kier alpha value is -0.810. The fourth-order valence-corrected chi connectivity index (χ4v) is 7.13. The molecule has 0 heterocycles. The number of likely N-dealkylation sites (N-methyl/N-ethyl adjacent to an activating group) is 1. The molecule has 0 N–H and O–H groups in total. The molecule has 0 aromatic heterocycles. The van der Waals surface area contributed by atoms with Crippen LogP contribution in [0.3, 0.4) is 0 Å². The van der Waals surface area contributed by atoms with Gasteiger partial charge < -0.3 is 27.9 Å². The van der Waals surface area contributed by atoms with Gasteiger partial charge in [0, 0.05) is 0 Å². The van der Waals surface area contributed by atoms with Crippen molar-refractivity contribution in [2.45, 2.75) is 149 Å². The molecule has 0 bridgehead atoms. The van der Waals surface area contributed by atoms with Crippen LogP contribution in [0.4, 0.5) is 0 Å². The second-order valence-corrected chi connectivity index (χ2v) is 17.8. The highest BCUT2D eigenvalue weighted by atomic mass is 32.2. The molecule has 0 radical (unpaired) electrons. The van der Waals surface area contributed by atoms with E-state index in [0.29, 0.717) is 11.0 Å². The predicted molar refractivity (Wildman–Crippen MR) is 215 cm³/mol. The van der Waals surface area contributed by atoms with Gasteiger partial charge in [0.1, 0.15) is 19.8 Å². The third kappa shape index (κ3) is 38.7. The van der Waals surface area contributed by atoms with Gasteiger partial charge in [-0.05, 0) is 75.7 Å². The number of rotatable bonds is 37. The Balaban J connectivity index is 4.44. The van der Waals surface area contributed by atoms with Gasteiger partial charge in [-0.3, -0.25) is 14.2 Å². The van der Waals surface area contributed by atoms with E-state index < -0.39 is 32.7 Å². The fraction of sp³-hybridized carbons (Fsp3) is 0.846. The van der Waals surface area contributed by atoms with Crippen molar-refractivity contribution < 1.29 is 42.1 Å². The maximum absolute atomic E-state index is 12.6. The summed E-state index contributed by atoms with van der Waals surface area (Å²) < 4.78 is 33.4. The van der Waals surface area contributed by atoms with Gasteiger partial charge in [-0.1, -0.05) is 102 Å². The van der Waals surface area contributed by atoms with Gasteiger partial charge in [-0.25, -0.2) is 0 Å². The van der Waals surface area contributed by atoms with E-state index in [2.05, 4.69) is 38.2 Å². The van der Waals surface area contributed by atoms with Gasteiger partial charge >= 0.3 is 11.9 Å². The lowest BCUT2D eigenvalue weighted by atomic mass is 10.1. The van der Waals surface area contributed by atoms with Crippen LogP contribution in [0.1, 0.15) is 142 Å². The Bertz CT molecular complexity index is 893. The quantitative estimate of drug-likeness (QED) is 0.0151. The normalized spacial score (nSPS) is 13.4. The summed E-state index contributed by atoms with van der Waals surface area (Å²) in [4.78, 5) is 37.4. The monoisotopic (exact) mass is 779 g/mol. The molecule has 0 saturated heterocycles. The second-order valence-electron chi connectivity index (χ2n) is 14.2. The smallest absolute Gasteiger partial charge is 0.319 e. The first-order chi connectivity index (χ1) is 24.5. The molecule has 0 saturated carbocycles. The first-order valence-corrected chi connectivity index (χ1v) is 23.5. The van der Waals surface area contributed by atoms with Gasteiger partial charge in [0.25, 0.3) is 14.1 Å². The summed E-state index contributed by atoms with van der Waals surface area (Å²) in [5, 5.41) is 0. The minimum absolute atomic E-state index is 0.0629. The van der Waals surface area contributed by atoms with Crippen LogP contribution < -0.4 is 4.89 Å². The Morgan fingerprint density at radius 1 is 0.627 bits per heavy atom. The molecule has 0 aliphatic heterocycles. The summed E-state index contributed by atoms with van der Waals surface area (Å²) in [5.41, 5.74) is 0. The number of carbonyl (C=O) groups is 2. The number of allylic oxidation sites excluding steroid dienone is 4. The molecular weight excluding hydrogens is 706 g/mol. The molecule has 300 valence electrons. The number of phosphoric acid groups is 1. The third-order valence-electron chi connectivity index (χ3n) is 7.95. The zero-order valence-electron chi connectivity index (χ0n) is 33.0. The lowest BCUT2D eigenvalue weighted by Gasteiger charge is -2.28. The fourth-order valence-electron chi connectivity index (χ4n) is 4.87. The first-order valence-electron chi connectivity index (χ1n) is 19.7. The maximum atomic E-state index is 12.6. The summed E-state index contributed by atoms with van der Waals surface area (Å²) in [6.07, 6.45) is 31.6. The zero-order chi connectivity index (χ0) is 37.9. The zero-order valence-corrected chi connectivity index (χ0v) is 35.5. The van der Waals surface area contributed by atoms with Crippen molar-refractivity contribution in [3.8, 4) is 0 Å². The standard InChI is InChI=1S/C39H74NO8PS2/c1-6-8-10-12-14-16-18-20-22-24-26-28-32-50-35-37(41)47-39(34-46-49(43,44)45-31-30-40(3,4)5)48-38(42)36-51-33-29-27-25-23-21-19-17-15-13-11-9-7-2/h18-21,39H,6-17,22-36H2,1-5H3/b20-18+,21-19+. The maximum Gasteiger partial charge on any atom is 0.319 e. The molecule has 51 heavy (non-hydrogen) atoms. The van der Waals surface area contributed by atoms with Crippen LogP contribution in [0.25, 0.3) is 0 Å². The number of carbonyl (C=O) groups excluding carboxylic acids is 2. The predicted octanol–water partition coefficient (Wildman–Crippen LogP) is 10.0. The molecular formula is C39H74NO8PS2. The van der Waals surface area contributed by atoms with Crippen LogP contribution in [0, 0.1) is 0 Å². The Kier molecular flexibility index (Phi) is 34.4. The molecule has 0 aromatic rings. The number of quaternary nitrogens is 1. The molecule has 1 unspecified atom stereocenters. The van der Waals surface area contributed by atoms with E-state index in [-0.39, 0.29) is 18.1 Å². The number of phosphoric ester groups is 1. The largest absolute Gasteiger partial charge is 0.756 e. The molecule has 0 spiro atoms. The summed E-state index contributed by atoms with van der Waals surface area (Å²) in [5.74, 6) is 0.577. The molecule has 12 heteroatoms. The Morgan fingerprint density at radius 2 is 1.02 bits per heavy atom. The first kappa shape index (κ1) is 50.2. The van der Waals surface area contributed by atoms with Crippen molar-refractivity contribution in [1.29, 1.82) is 0 Å². The van der Waals surface area contributed by atoms with Gasteiger partial charge in [-0.15, -0.1) is 0 Å². The van der Waals surface area contributed by atoms with Crippen molar-refractivity contribution >= 4 is 43.3 Å². The molecule has 0 fully saturated rings. The average Bonchev–Trinajstić information content (AvgIpc) is 3.07. The molecule has 1 atom stereocenters. The second kappa shape index (κ2) is 34.9. The van der Waals surface area contributed by atoms with Crippen molar-refractivity contribution in [2.75, 3.05) is 63.9 Å². The number of ether oxygens (including phenoxy) is 2. The van der Waals surface area contributed by atoms with E-state index in [1.165, 1.54) is 87.7 Å². The third-order valence-corrected chi connectivity index (χ3v) is 10.9. The van der Waals surface area contributed by atoms with Crippen LogP contribution in [-0.4, -0.2) is 86.6 Å². The number of thioether (sulfide) groups is 2. The summed E-state index contributed by atoms with van der Waals surface area (Å²) in [7, 11) is 1.05. The van der Waals surface area contributed by atoms with E-state index >= 15 is 0 Å². The number of nitrogens with zero attached hydrogens (tertiary/aromatic N) is 1. The highest BCUT2D eigenvalue weighted by molar-refractivity contribution is 8.00. The minimum Gasteiger partial charge on any atom is -0.756 e. The van der Waals surface area contributed by atoms with Crippen LogP contribution >= 0.6 is 31.3 Å². The summed E-state index contributed by atoms with van der Waals surface area (Å²) in [6, 6.07) is 0. The van der Waals surface area contributed by atoms with Crippen LogP contribution in [0.2, 0.25) is 0 Å². The van der Waals surface area contributed by atoms with Crippen molar-refractivity contribution in [3.05, 3.63) is 24.3 Å². The lowest BCUT2D eigenvalue weighted by Crippen LogP contribution is -2.37. The number of esters is 2. The van der Waals surface area contributed by atoms with Gasteiger partial charge in [0.15, 0.2) is 0 Å². The van der Waals surface area contributed by atoms with Crippen LogP contribution in [0.15, 0.2) is 24.3 Å². The highest BCUT2D eigenvalue weighted by Gasteiger charge is 2.23. The molecule has 0 rings (SSSR count). The Labute approximate surface area is 321 Å². The van der Waals surface area contributed by atoms with Gasteiger partial charge in [0.2, 0.25) is 0 Å². The van der Waals surface area contributed by atoms with Gasteiger partial charge in [-0.2, -0.15) is 23.5 Å². The van der Waals surface area contributed by atoms with Crippen molar-refractivity contribution in [2.24, 2.45) is 0 Å². The number of unbranched alkanes of at least 4 members (excludes halogenated alkanes) is 16. The van der Waals surface area contributed by atoms with Crippen LogP contribution in [-0.2, 0) is 32.7 Å². The van der Waals surface area contributed by atoms with Crippen molar-refractivity contribution in [3.63, 3.8) is 0 Å². The van der Waals surface area contributed by atoms with E-state index in [4.69, 9.17) is 18.5 Å². The number of hydrogen-bond acceptors (Lipinski definition) is 10. The summed E-state index contributed by atoms with van der Waals surface area (Å²) >= 11 is 2.89. The Morgan fingerprint density at radius 3 is 1.41 bits per heavy atom. The molecule has 0 aromatic carbocycles. The molecule has 9 nitrogen and oxygen atoms in total. The average molecular weight is 780 g/mol. The van der Waals surface area contributed by atoms with E-state index in [1.807, 2.05) is 21.1 Å². The molecule has 0 aliphatic carbocycles. The lowest BCUT2D eigenvalue weighted by molar-refractivity contribution is -0.870. The number of hydrogen-bond donors (Lipinski definition) is 0. The van der Waals surface area contributed by atoms with E-state index in [1.54, 1.807) is 0 Å². The van der Waals surface area contributed by atoms with Crippen molar-refractivity contribution in [1.82, 2.24) is 0 Å². The minimum atomic E-state index is -4.69. The molecule has 0 aliphatic rings. The van der Waals surface area contributed by atoms with E-state index in [9.17, 15) is 19.0 Å². The van der Waals surface area contributed by atoms with Gasteiger partial charge in [0.05, 0.1) is 32.6 Å². The van der Waals surface area contributed by atoms with Crippen LogP contribution in [0.5, 0.6) is 0 Å². The molecule has 0 amide bonds. The topological polar surface area (TPSA) is 111 Å².